The Hall–Kier alpha value is -0.380. The van der Waals surface area contributed by atoms with E-state index in [4.69, 9.17) is 14.6 Å². The van der Waals surface area contributed by atoms with Gasteiger partial charge in [-0.2, -0.15) is 0 Å². The highest BCUT2D eigenvalue weighted by Crippen LogP contribution is 2.12. The molecule has 0 bridgehead atoms. The summed E-state index contributed by atoms with van der Waals surface area (Å²) in [6, 6.07) is 0. The second kappa shape index (κ2) is 3.14. The lowest BCUT2D eigenvalue weighted by molar-refractivity contribution is -0.230. The first-order valence-corrected chi connectivity index (χ1v) is 3.31. The number of ether oxygens (including phenoxy) is 2. The first kappa shape index (κ1) is 7.72. The van der Waals surface area contributed by atoms with E-state index in [1.807, 2.05) is 0 Å². The van der Waals surface area contributed by atoms with Crippen LogP contribution in [0.2, 0.25) is 0 Å². The molecular weight excluding hydrogens is 132 g/mol. The first-order valence-electron chi connectivity index (χ1n) is 3.31. The molecule has 0 aliphatic carbocycles. The molecule has 1 aliphatic rings. The Morgan fingerprint density at radius 3 is 2.90 bits per heavy atom. The van der Waals surface area contributed by atoms with Gasteiger partial charge < -0.3 is 14.6 Å². The van der Waals surface area contributed by atoms with Gasteiger partial charge in [0, 0.05) is 0 Å². The molecular formula is C7H12O3. The first-order chi connectivity index (χ1) is 4.74. The summed E-state index contributed by atoms with van der Waals surface area (Å²) in [5.41, 5.74) is 0. The molecule has 10 heavy (non-hydrogen) atoms. The summed E-state index contributed by atoms with van der Waals surface area (Å²) in [5, 5.41) is 9.17. The lowest BCUT2D eigenvalue weighted by Crippen LogP contribution is -2.41. The van der Waals surface area contributed by atoms with Gasteiger partial charge in [0.25, 0.3) is 0 Å². The monoisotopic (exact) mass is 144 g/mol. The fourth-order valence-electron chi connectivity index (χ4n) is 0.893. The number of rotatable bonds is 1. The number of hydrogen-bond acceptors (Lipinski definition) is 3. The molecule has 1 aliphatic heterocycles. The molecule has 0 aromatic rings. The number of aliphatic hydroxyl groups is 1. The fourth-order valence-corrected chi connectivity index (χ4v) is 0.893. The van der Waals surface area contributed by atoms with E-state index < -0.39 is 6.10 Å². The molecule has 58 valence electrons. The Morgan fingerprint density at radius 1 is 1.70 bits per heavy atom. The maximum absolute atomic E-state index is 9.17. The van der Waals surface area contributed by atoms with Gasteiger partial charge in [0.2, 0.25) is 0 Å². The van der Waals surface area contributed by atoms with Crippen LogP contribution in [0.4, 0.5) is 0 Å². The van der Waals surface area contributed by atoms with Crippen molar-refractivity contribution < 1.29 is 14.6 Å². The van der Waals surface area contributed by atoms with Crippen LogP contribution in [0.15, 0.2) is 12.7 Å². The number of hydrogen-bond donors (Lipinski definition) is 1. The smallest absolute Gasteiger partial charge is 0.155 e. The van der Waals surface area contributed by atoms with Gasteiger partial charge in [-0.3, -0.25) is 0 Å². The average molecular weight is 144 g/mol. The maximum Gasteiger partial charge on any atom is 0.155 e. The van der Waals surface area contributed by atoms with Crippen molar-refractivity contribution in [3.05, 3.63) is 12.7 Å². The van der Waals surface area contributed by atoms with E-state index >= 15 is 0 Å². The van der Waals surface area contributed by atoms with Crippen LogP contribution >= 0.6 is 0 Å². The lowest BCUT2D eigenvalue weighted by atomic mass is 10.2. The van der Waals surface area contributed by atoms with Crippen molar-refractivity contribution >= 4 is 0 Å². The van der Waals surface area contributed by atoms with Crippen LogP contribution in [0.1, 0.15) is 6.92 Å². The van der Waals surface area contributed by atoms with Crippen molar-refractivity contribution in [1.29, 1.82) is 0 Å². The molecule has 0 radical (unpaired) electrons. The molecule has 0 aromatic carbocycles. The van der Waals surface area contributed by atoms with Gasteiger partial charge in [-0.15, -0.1) is 6.58 Å². The summed E-state index contributed by atoms with van der Waals surface area (Å²) in [6.07, 6.45) is 0.521. The predicted molar refractivity (Wildman–Crippen MR) is 36.5 cm³/mol. The fraction of sp³-hybridized carbons (Fsp3) is 0.714. The van der Waals surface area contributed by atoms with Crippen molar-refractivity contribution in [2.45, 2.75) is 25.4 Å². The van der Waals surface area contributed by atoms with Gasteiger partial charge in [-0.25, -0.2) is 0 Å². The molecule has 1 saturated heterocycles. The molecule has 3 nitrogen and oxygen atoms in total. The highest BCUT2D eigenvalue weighted by atomic mass is 16.7. The van der Waals surface area contributed by atoms with Gasteiger partial charge in [-0.05, 0) is 6.92 Å². The summed E-state index contributed by atoms with van der Waals surface area (Å²) in [6.45, 7) is 5.65. The van der Waals surface area contributed by atoms with Gasteiger partial charge >= 0.3 is 0 Å². The third-order valence-electron chi connectivity index (χ3n) is 1.46. The highest BCUT2D eigenvalue weighted by Gasteiger charge is 2.25. The molecule has 1 N–H and O–H groups in total. The van der Waals surface area contributed by atoms with Gasteiger partial charge in [-0.1, -0.05) is 6.08 Å². The van der Waals surface area contributed by atoms with Gasteiger partial charge in [0.1, 0.15) is 12.2 Å². The molecule has 0 aromatic heterocycles. The molecule has 1 heterocycles. The van der Waals surface area contributed by atoms with Crippen LogP contribution in [0.5, 0.6) is 0 Å². The zero-order valence-corrected chi connectivity index (χ0v) is 5.99. The zero-order valence-electron chi connectivity index (χ0n) is 5.99. The van der Waals surface area contributed by atoms with Gasteiger partial charge in [0.05, 0.1) is 6.61 Å². The quantitative estimate of drug-likeness (QED) is 0.538. The van der Waals surface area contributed by atoms with E-state index in [9.17, 15) is 0 Å². The van der Waals surface area contributed by atoms with Crippen LogP contribution < -0.4 is 0 Å². The Morgan fingerprint density at radius 2 is 2.40 bits per heavy atom. The lowest BCUT2D eigenvalue weighted by Gasteiger charge is -2.30. The van der Waals surface area contributed by atoms with Crippen LogP contribution in [0.3, 0.4) is 0 Å². The SMILES string of the molecule is C=C[C@@H]1O[C@H](C)OC[C@H]1O. The third-order valence-corrected chi connectivity index (χ3v) is 1.46. The minimum absolute atomic E-state index is 0.230. The maximum atomic E-state index is 9.17. The summed E-state index contributed by atoms with van der Waals surface area (Å²) in [4.78, 5) is 0. The Kier molecular flexibility index (Phi) is 2.43. The standard InChI is InChI=1S/C7H12O3/c1-3-7-6(8)4-9-5(2)10-7/h3,5-8H,1,4H2,2H3/t5-,6-,7+/m1/s1. The van der Waals surface area contributed by atoms with Crippen molar-refractivity contribution in [2.75, 3.05) is 6.61 Å². The minimum atomic E-state index is -0.561. The van der Waals surface area contributed by atoms with Gasteiger partial charge in [0.15, 0.2) is 6.29 Å². The van der Waals surface area contributed by atoms with E-state index in [1.165, 1.54) is 0 Å². The summed E-state index contributed by atoms with van der Waals surface area (Å²) < 4.78 is 10.2. The van der Waals surface area contributed by atoms with Crippen molar-refractivity contribution in [3.8, 4) is 0 Å². The molecule has 1 rings (SSSR count). The van der Waals surface area contributed by atoms with Crippen molar-refractivity contribution in [2.24, 2.45) is 0 Å². The van der Waals surface area contributed by atoms with E-state index in [0.29, 0.717) is 6.61 Å². The van der Waals surface area contributed by atoms with E-state index in [1.54, 1.807) is 13.0 Å². The van der Waals surface area contributed by atoms with Crippen molar-refractivity contribution in [3.63, 3.8) is 0 Å². The summed E-state index contributed by atoms with van der Waals surface area (Å²) >= 11 is 0. The van der Waals surface area contributed by atoms with Crippen LogP contribution in [0, 0.1) is 0 Å². The van der Waals surface area contributed by atoms with E-state index in [-0.39, 0.29) is 12.4 Å². The molecule has 0 saturated carbocycles. The second-order valence-corrected chi connectivity index (χ2v) is 2.30. The predicted octanol–water partition coefficient (Wildman–Crippen LogP) is 0.295. The van der Waals surface area contributed by atoms with Crippen LogP contribution in [-0.2, 0) is 9.47 Å². The summed E-state index contributed by atoms with van der Waals surface area (Å²) in [5.74, 6) is 0. The van der Waals surface area contributed by atoms with Crippen LogP contribution in [-0.4, -0.2) is 30.2 Å². The molecule has 1 fully saturated rings. The molecule has 0 spiro atoms. The Bertz CT molecular complexity index is 124. The van der Waals surface area contributed by atoms with Crippen LogP contribution in [0.25, 0.3) is 0 Å². The average Bonchev–Trinajstić information content (AvgIpc) is 1.94. The zero-order chi connectivity index (χ0) is 7.56. The van der Waals surface area contributed by atoms with Crippen molar-refractivity contribution in [1.82, 2.24) is 0 Å². The second-order valence-electron chi connectivity index (χ2n) is 2.30. The summed E-state index contributed by atoms with van der Waals surface area (Å²) in [7, 11) is 0. The Balaban J connectivity index is 2.45. The molecule has 3 heteroatoms. The highest BCUT2D eigenvalue weighted by molar-refractivity contribution is 4.87. The molecule has 0 amide bonds. The topological polar surface area (TPSA) is 38.7 Å². The number of aliphatic hydroxyl groups excluding tert-OH is 1. The van der Waals surface area contributed by atoms with E-state index in [0.717, 1.165) is 0 Å². The Labute approximate surface area is 60.3 Å². The molecule has 3 atom stereocenters. The largest absolute Gasteiger partial charge is 0.388 e. The van der Waals surface area contributed by atoms with E-state index in [2.05, 4.69) is 6.58 Å². The third kappa shape index (κ3) is 1.56. The molecule has 0 unspecified atom stereocenters. The normalized spacial score (nSPS) is 41.2. The minimum Gasteiger partial charge on any atom is -0.388 e.